The number of carboxylic acid groups (broad SMARTS) is 1. The third kappa shape index (κ3) is 10.1. The molecule has 0 saturated carbocycles. The molecular weight excluding hydrogens is 522 g/mol. The lowest BCUT2D eigenvalue weighted by molar-refractivity contribution is -0.144. The van der Waals surface area contributed by atoms with Gasteiger partial charge in [0.2, 0.25) is 29.5 Å². The number of amides is 5. The molecule has 1 fully saturated rings. The maximum Gasteiger partial charge on any atom is 0.340 e. The van der Waals surface area contributed by atoms with E-state index in [9.17, 15) is 39.0 Å². The Morgan fingerprint density at radius 1 is 1.05 bits per heavy atom. The SMILES string of the molecule is CC(C)NC1CS[C@](CCCCN)(C(=O)O)NC(=O)[C@H](CC(N)=O)NC(=O)[C@H](C)NC(=O)C(CO)NC1=O. The Bertz CT molecular complexity index is 890. The quantitative estimate of drug-likeness (QED) is 0.118. The molecule has 5 amide bonds. The Hall–Kier alpha value is -2.95. The van der Waals surface area contributed by atoms with Gasteiger partial charge in [0.15, 0.2) is 4.87 Å². The number of carbonyl (C=O) groups is 6. The summed E-state index contributed by atoms with van der Waals surface area (Å²) in [4.78, 5) is 73.9. The predicted octanol–water partition coefficient (Wildman–Crippen LogP) is -3.53. The zero-order valence-corrected chi connectivity index (χ0v) is 22.6. The maximum absolute atomic E-state index is 13.2. The summed E-state index contributed by atoms with van der Waals surface area (Å²) in [6.45, 7) is 4.29. The highest BCUT2D eigenvalue weighted by atomic mass is 32.2. The van der Waals surface area contributed by atoms with Gasteiger partial charge < -0.3 is 48.3 Å². The number of unbranched alkanes of at least 4 members (excludes halogenated alkanes) is 1. The summed E-state index contributed by atoms with van der Waals surface area (Å²) in [5.74, 6) is -5.95. The van der Waals surface area contributed by atoms with Crippen molar-refractivity contribution in [2.45, 2.75) is 81.5 Å². The number of nitrogens with two attached hydrogens (primary N) is 2. The monoisotopic (exact) mass is 561 g/mol. The van der Waals surface area contributed by atoms with Crippen molar-refractivity contribution in [2.24, 2.45) is 11.5 Å². The molecule has 0 spiro atoms. The Balaban J connectivity index is 3.57. The molecule has 0 aromatic carbocycles. The van der Waals surface area contributed by atoms with Gasteiger partial charge in [-0.15, -0.1) is 11.8 Å². The van der Waals surface area contributed by atoms with E-state index in [-0.39, 0.29) is 24.8 Å². The highest BCUT2D eigenvalue weighted by Crippen LogP contribution is 2.30. The van der Waals surface area contributed by atoms with Crippen molar-refractivity contribution in [1.82, 2.24) is 26.6 Å². The molecule has 2 unspecified atom stereocenters. The molecule has 5 atom stereocenters. The van der Waals surface area contributed by atoms with Crippen molar-refractivity contribution in [1.29, 1.82) is 0 Å². The Morgan fingerprint density at radius 2 is 1.68 bits per heavy atom. The number of carbonyl (C=O) groups excluding carboxylic acids is 5. The average Bonchev–Trinajstić information content (AvgIpc) is 2.82. The van der Waals surface area contributed by atoms with Crippen LogP contribution in [0.2, 0.25) is 0 Å². The molecule has 216 valence electrons. The molecule has 1 aliphatic rings. The first kappa shape index (κ1) is 33.1. The largest absolute Gasteiger partial charge is 0.479 e. The summed E-state index contributed by atoms with van der Waals surface area (Å²) in [5, 5.41) is 32.4. The standard InChI is InChI=1S/C22H39N7O8S/c1-11(2)25-15-10-38-22(21(36)37,6-4-5-7-23)29-20(35)13(8-16(24)31)27-17(32)12(3)26-18(33)14(9-30)28-19(15)34/h11-15,25,30H,4-10,23H2,1-3H3,(H2,24,31)(H,26,33)(H,27,32)(H,28,34)(H,29,35)(H,36,37)/t12-,13-,14?,15?,22+/m0/s1. The average molecular weight is 562 g/mol. The summed E-state index contributed by atoms with van der Waals surface area (Å²) < 4.78 is 0. The molecule has 15 nitrogen and oxygen atoms in total. The minimum absolute atomic E-state index is 0.0844. The first-order valence-corrected chi connectivity index (χ1v) is 13.2. The van der Waals surface area contributed by atoms with Crippen molar-refractivity contribution < 1.29 is 39.0 Å². The molecule has 38 heavy (non-hydrogen) atoms. The molecule has 0 radical (unpaired) electrons. The lowest BCUT2D eigenvalue weighted by atomic mass is 10.1. The van der Waals surface area contributed by atoms with Gasteiger partial charge in [-0.3, -0.25) is 24.0 Å². The number of primary amides is 1. The van der Waals surface area contributed by atoms with Crippen molar-refractivity contribution in [2.75, 3.05) is 18.9 Å². The van der Waals surface area contributed by atoms with Gasteiger partial charge in [-0.05, 0) is 32.7 Å². The summed E-state index contributed by atoms with van der Waals surface area (Å²) >= 11 is 0.761. The van der Waals surface area contributed by atoms with Crippen LogP contribution in [0.5, 0.6) is 0 Å². The van der Waals surface area contributed by atoms with Crippen LogP contribution in [-0.4, -0.2) is 99.7 Å². The molecule has 0 bridgehead atoms. The van der Waals surface area contributed by atoms with Crippen molar-refractivity contribution in [3.05, 3.63) is 0 Å². The Labute approximate surface area is 225 Å². The van der Waals surface area contributed by atoms with E-state index in [1.54, 1.807) is 13.8 Å². The molecule has 1 saturated heterocycles. The topological polar surface area (TPSA) is 255 Å². The number of aliphatic carboxylic acids is 1. The summed E-state index contributed by atoms with van der Waals surface area (Å²) in [7, 11) is 0. The van der Waals surface area contributed by atoms with E-state index in [0.717, 1.165) is 11.8 Å². The number of thioether (sulfide) groups is 1. The van der Waals surface area contributed by atoms with E-state index in [0.29, 0.717) is 12.8 Å². The van der Waals surface area contributed by atoms with E-state index < -0.39 is 77.6 Å². The van der Waals surface area contributed by atoms with Crippen LogP contribution in [0, 0.1) is 0 Å². The predicted molar refractivity (Wildman–Crippen MR) is 138 cm³/mol. The Kier molecular flexibility index (Phi) is 13.5. The van der Waals surface area contributed by atoms with Crippen LogP contribution in [0.25, 0.3) is 0 Å². The summed E-state index contributed by atoms with van der Waals surface area (Å²) in [6, 6.07) is -5.48. The number of aliphatic hydroxyl groups excluding tert-OH is 1. The van der Waals surface area contributed by atoms with Crippen LogP contribution in [0.1, 0.15) is 46.5 Å². The number of hydrogen-bond acceptors (Lipinski definition) is 10. The molecule has 11 N–H and O–H groups in total. The number of nitrogens with one attached hydrogen (secondary N) is 5. The first-order valence-electron chi connectivity index (χ1n) is 12.2. The molecule has 0 aliphatic carbocycles. The molecule has 0 aromatic rings. The van der Waals surface area contributed by atoms with Gasteiger partial charge >= 0.3 is 5.97 Å². The minimum atomic E-state index is -1.96. The first-order chi connectivity index (χ1) is 17.8. The lowest BCUT2D eigenvalue weighted by Crippen LogP contribution is -2.60. The molecule has 1 rings (SSSR count). The van der Waals surface area contributed by atoms with Gasteiger partial charge in [0.1, 0.15) is 18.1 Å². The van der Waals surface area contributed by atoms with E-state index in [2.05, 4.69) is 26.6 Å². The van der Waals surface area contributed by atoms with E-state index in [4.69, 9.17) is 11.5 Å². The van der Waals surface area contributed by atoms with Crippen molar-refractivity contribution in [3.63, 3.8) is 0 Å². The zero-order chi connectivity index (χ0) is 29.0. The fourth-order valence-corrected chi connectivity index (χ4v) is 4.86. The van der Waals surface area contributed by atoms with Gasteiger partial charge in [0.25, 0.3) is 0 Å². The number of hydrogen-bond donors (Lipinski definition) is 9. The molecule has 0 aromatic heterocycles. The fourth-order valence-electron chi connectivity index (χ4n) is 3.58. The third-order valence-corrected chi connectivity index (χ3v) is 7.08. The second-order valence-corrected chi connectivity index (χ2v) is 10.6. The summed E-state index contributed by atoms with van der Waals surface area (Å²) in [6.07, 6.45) is 0.0289. The highest BCUT2D eigenvalue weighted by molar-refractivity contribution is 8.01. The van der Waals surface area contributed by atoms with Crippen LogP contribution >= 0.6 is 11.8 Å². The van der Waals surface area contributed by atoms with Crippen molar-refractivity contribution >= 4 is 47.3 Å². The van der Waals surface area contributed by atoms with Crippen molar-refractivity contribution in [3.8, 4) is 0 Å². The molecule has 1 aliphatic heterocycles. The zero-order valence-electron chi connectivity index (χ0n) is 21.7. The smallest absolute Gasteiger partial charge is 0.340 e. The second kappa shape index (κ2) is 15.5. The van der Waals surface area contributed by atoms with Crippen LogP contribution in [0.3, 0.4) is 0 Å². The van der Waals surface area contributed by atoms with E-state index in [1.807, 2.05) is 0 Å². The molecule has 16 heteroatoms. The minimum Gasteiger partial charge on any atom is -0.479 e. The van der Waals surface area contributed by atoms with Gasteiger partial charge in [-0.2, -0.15) is 0 Å². The molecule has 1 heterocycles. The van der Waals surface area contributed by atoms with E-state index >= 15 is 0 Å². The van der Waals surface area contributed by atoms with Gasteiger partial charge in [0, 0.05) is 11.8 Å². The highest BCUT2D eigenvalue weighted by Gasteiger charge is 2.43. The normalized spacial score (nSPS) is 27.8. The summed E-state index contributed by atoms with van der Waals surface area (Å²) in [5.41, 5.74) is 10.8. The fraction of sp³-hybridized carbons (Fsp3) is 0.727. The number of carboxylic acids is 1. The maximum atomic E-state index is 13.2. The Morgan fingerprint density at radius 3 is 2.21 bits per heavy atom. The number of aliphatic hydroxyl groups is 1. The van der Waals surface area contributed by atoms with Crippen LogP contribution < -0.4 is 38.1 Å². The van der Waals surface area contributed by atoms with Gasteiger partial charge in [0.05, 0.1) is 19.1 Å². The van der Waals surface area contributed by atoms with Gasteiger partial charge in [-0.25, -0.2) is 4.79 Å². The van der Waals surface area contributed by atoms with Crippen LogP contribution in [0.4, 0.5) is 0 Å². The van der Waals surface area contributed by atoms with Crippen LogP contribution in [-0.2, 0) is 28.8 Å². The molecular formula is C22H39N7O8S. The third-order valence-electron chi connectivity index (χ3n) is 5.61. The number of rotatable bonds is 10. The second-order valence-electron chi connectivity index (χ2n) is 9.26. The lowest BCUT2D eigenvalue weighted by Gasteiger charge is -2.33. The van der Waals surface area contributed by atoms with E-state index in [1.165, 1.54) is 6.92 Å². The van der Waals surface area contributed by atoms with Gasteiger partial charge in [-0.1, -0.05) is 13.8 Å². The van der Waals surface area contributed by atoms with Crippen LogP contribution in [0.15, 0.2) is 0 Å².